The lowest BCUT2D eigenvalue weighted by Gasteiger charge is -2.33. The minimum atomic E-state index is -0.457. The van der Waals surface area contributed by atoms with Gasteiger partial charge < -0.3 is 15.5 Å². The number of rotatable bonds is 4. The van der Waals surface area contributed by atoms with Gasteiger partial charge in [-0.25, -0.2) is 0 Å². The molecule has 3 atom stereocenters. The smallest absolute Gasteiger partial charge is 0.249 e. The zero-order valence-electron chi connectivity index (χ0n) is 15.5. The van der Waals surface area contributed by atoms with E-state index in [0.29, 0.717) is 19.5 Å². The average Bonchev–Trinajstić information content (AvgIpc) is 3.33. The average molecular weight is 367 g/mol. The van der Waals surface area contributed by atoms with Gasteiger partial charge in [-0.3, -0.25) is 14.3 Å². The molecule has 0 bridgehead atoms. The highest BCUT2D eigenvalue weighted by molar-refractivity contribution is 6.00. The van der Waals surface area contributed by atoms with Crippen LogP contribution in [0.4, 0.5) is 5.69 Å². The van der Waals surface area contributed by atoms with Gasteiger partial charge in [-0.2, -0.15) is 5.10 Å². The zero-order chi connectivity index (χ0) is 18.8. The first-order valence-corrected chi connectivity index (χ1v) is 9.49. The Morgan fingerprint density at radius 1 is 1.26 bits per heavy atom. The van der Waals surface area contributed by atoms with Gasteiger partial charge in [0, 0.05) is 44.5 Å². The Hall–Kier alpha value is -2.67. The summed E-state index contributed by atoms with van der Waals surface area (Å²) >= 11 is 0. The van der Waals surface area contributed by atoms with Crippen LogP contribution in [0.5, 0.6) is 0 Å². The first-order chi connectivity index (χ1) is 13.1. The number of nitrogens with zero attached hydrogens (tertiary/aromatic N) is 3. The number of benzene rings is 1. The lowest BCUT2D eigenvalue weighted by molar-refractivity contribution is -0.130. The van der Waals surface area contributed by atoms with Crippen LogP contribution in [0, 0.1) is 5.92 Å². The molecule has 0 spiro atoms. The lowest BCUT2D eigenvalue weighted by Crippen LogP contribution is -2.54. The zero-order valence-corrected chi connectivity index (χ0v) is 15.5. The Balaban J connectivity index is 1.45. The molecule has 2 aliphatic heterocycles. The molecule has 2 amide bonds. The normalized spacial score (nSPS) is 25.6. The van der Waals surface area contributed by atoms with Gasteiger partial charge in [0.25, 0.3) is 0 Å². The number of anilines is 1. The molecule has 2 fully saturated rings. The maximum atomic E-state index is 12.9. The number of amides is 2. The van der Waals surface area contributed by atoms with E-state index in [1.54, 1.807) is 9.58 Å². The highest BCUT2D eigenvalue weighted by Crippen LogP contribution is 2.28. The molecular formula is C20H25N5O2. The van der Waals surface area contributed by atoms with Gasteiger partial charge in [0.1, 0.15) is 6.04 Å². The van der Waals surface area contributed by atoms with Crippen molar-refractivity contribution < 1.29 is 9.59 Å². The van der Waals surface area contributed by atoms with E-state index in [9.17, 15) is 9.59 Å². The standard InChI is InChI=1S/C20H25N5O2/c1-24-13-14(10-22-24)16-11-21-12-17(16)19(26)23-18-8-5-9-25(20(18)27)15-6-3-2-4-7-15/h2-4,6-7,10,13,16-18,21H,5,8-9,11-12H2,1H3,(H,23,26)/t16-,17+,18?/m1/s1. The van der Waals surface area contributed by atoms with E-state index in [1.807, 2.05) is 49.8 Å². The number of hydrogen-bond donors (Lipinski definition) is 2. The summed E-state index contributed by atoms with van der Waals surface area (Å²) in [5.41, 5.74) is 1.95. The van der Waals surface area contributed by atoms with Crippen LogP contribution in [-0.2, 0) is 16.6 Å². The molecule has 142 valence electrons. The van der Waals surface area contributed by atoms with Crippen LogP contribution in [0.15, 0.2) is 42.7 Å². The van der Waals surface area contributed by atoms with Crippen LogP contribution in [0.2, 0.25) is 0 Å². The molecule has 0 aliphatic carbocycles. The maximum absolute atomic E-state index is 12.9. The molecule has 0 saturated carbocycles. The van der Waals surface area contributed by atoms with Crippen molar-refractivity contribution in [2.45, 2.75) is 24.8 Å². The maximum Gasteiger partial charge on any atom is 0.249 e. The number of aryl methyl sites for hydroxylation is 1. The van der Waals surface area contributed by atoms with Crippen LogP contribution in [0.1, 0.15) is 24.3 Å². The molecule has 7 heteroatoms. The number of piperidine rings is 1. The summed E-state index contributed by atoms with van der Waals surface area (Å²) in [5, 5.41) is 10.5. The quantitative estimate of drug-likeness (QED) is 0.846. The van der Waals surface area contributed by atoms with Crippen molar-refractivity contribution in [2.24, 2.45) is 13.0 Å². The van der Waals surface area contributed by atoms with Crippen LogP contribution < -0.4 is 15.5 Å². The van der Waals surface area contributed by atoms with Crippen LogP contribution in [0.3, 0.4) is 0 Å². The van der Waals surface area contributed by atoms with Crippen molar-refractivity contribution in [1.29, 1.82) is 0 Å². The van der Waals surface area contributed by atoms with E-state index in [2.05, 4.69) is 15.7 Å². The third-order valence-electron chi connectivity index (χ3n) is 5.53. The number of nitrogens with one attached hydrogen (secondary N) is 2. The van der Waals surface area contributed by atoms with Gasteiger partial charge in [-0.1, -0.05) is 18.2 Å². The summed E-state index contributed by atoms with van der Waals surface area (Å²) < 4.78 is 1.75. The summed E-state index contributed by atoms with van der Waals surface area (Å²) in [4.78, 5) is 27.6. The predicted octanol–water partition coefficient (Wildman–Crippen LogP) is 1.03. The van der Waals surface area contributed by atoms with E-state index in [1.165, 1.54) is 0 Å². The van der Waals surface area contributed by atoms with Crippen molar-refractivity contribution in [3.05, 3.63) is 48.3 Å². The minimum absolute atomic E-state index is 0.0234. The van der Waals surface area contributed by atoms with Gasteiger partial charge in [-0.05, 0) is 30.5 Å². The Kier molecular flexibility index (Phi) is 4.94. The van der Waals surface area contributed by atoms with E-state index in [4.69, 9.17) is 0 Å². The van der Waals surface area contributed by atoms with E-state index in [-0.39, 0.29) is 23.7 Å². The fourth-order valence-electron chi connectivity index (χ4n) is 4.09. The largest absolute Gasteiger partial charge is 0.344 e. The molecule has 3 heterocycles. The highest BCUT2D eigenvalue weighted by Gasteiger charge is 2.38. The van der Waals surface area contributed by atoms with Gasteiger partial charge in [0.05, 0.1) is 12.1 Å². The molecule has 7 nitrogen and oxygen atoms in total. The number of carbonyl (C=O) groups excluding carboxylic acids is 2. The van der Waals surface area contributed by atoms with Crippen LogP contribution >= 0.6 is 0 Å². The molecule has 4 rings (SSSR count). The molecule has 27 heavy (non-hydrogen) atoms. The fraction of sp³-hybridized carbons (Fsp3) is 0.450. The molecule has 2 aromatic rings. The van der Waals surface area contributed by atoms with Crippen molar-refractivity contribution in [3.63, 3.8) is 0 Å². The molecule has 0 radical (unpaired) electrons. The van der Waals surface area contributed by atoms with E-state index in [0.717, 1.165) is 24.2 Å². The summed E-state index contributed by atoms with van der Waals surface area (Å²) in [7, 11) is 1.87. The van der Waals surface area contributed by atoms with Crippen LogP contribution in [-0.4, -0.2) is 47.3 Å². The van der Waals surface area contributed by atoms with Crippen molar-refractivity contribution >= 4 is 17.5 Å². The number of para-hydroxylation sites is 1. The van der Waals surface area contributed by atoms with E-state index < -0.39 is 6.04 Å². The molecule has 1 aromatic carbocycles. The monoisotopic (exact) mass is 367 g/mol. The first-order valence-electron chi connectivity index (χ1n) is 9.49. The second kappa shape index (κ2) is 7.52. The second-order valence-electron chi connectivity index (χ2n) is 7.35. The summed E-state index contributed by atoms with van der Waals surface area (Å²) in [5.74, 6) is -0.177. The molecular weight excluding hydrogens is 342 g/mol. The lowest BCUT2D eigenvalue weighted by atomic mass is 9.89. The van der Waals surface area contributed by atoms with Gasteiger partial charge >= 0.3 is 0 Å². The van der Waals surface area contributed by atoms with Crippen molar-refractivity contribution in [2.75, 3.05) is 24.5 Å². The third kappa shape index (κ3) is 3.60. The van der Waals surface area contributed by atoms with Gasteiger partial charge in [-0.15, -0.1) is 0 Å². The SMILES string of the molecule is Cn1cc([C@H]2CNC[C@@H]2C(=O)NC2CCCN(c3ccccc3)C2=O)cn1. The highest BCUT2D eigenvalue weighted by atomic mass is 16.2. The minimum Gasteiger partial charge on any atom is -0.344 e. The summed E-state index contributed by atoms with van der Waals surface area (Å²) in [6.45, 7) is 2.06. The van der Waals surface area contributed by atoms with Crippen LogP contribution in [0.25, 0.3) is 0 Å². The van der Waals surface area contributed by atoms with Crippen molar-refractivity contribution in [1.82, 2.24) is 20.4 Å². The Morgan fingerprint density at radius 3 is 2.81 bits per heavy atom. The number of hydrogen-bond acceptors (Lipinski definition) is 4. The molecule has 2 aliphatic rings. The third-order valence-corrected chi connectivity index (χ3v) is 5.53. The number of carbonyl (C=O) groups is 2. The molecule has 1 unspecified atom stereocenters. The molecule has 1 aromatic heterocycles. The Bertz CT molecular complexity index is 819. The number of aromatic nitrogens is 2. The van der Waals surface area contributed by atoms with E-state index >= 15 is 0 Å². The summed E-state index contributed by atoms with van der Waals surface area (Å²) in [6.07, 6.45) is 5.34. The Labute approximate surface area is 158 Å². The topological polar surface area (TPSA) is 79.3 Å². The second-order valence-corrected chi connectivity index (χ2v) is 7.35. The molecule has 2 N–H and O–H groups in total. The summed E-state index contributed by atoms with van der Waals surface area (Å²) in [6, 6.07) is 9.19. The molecule has 2 saturated heterocycles. The van der Waals surface area contributed by atoms with Crippen molar-refractivity contribution in [3.8, 4) is 0 Å². The first kappa shape index (κ1) is 17.7. The van der Waals surface area contributed by atoms with Gasteiger partial charge in [0.15, 0.2) is 0 Å². The van der Waals surface area contributed by atoms with Gasteiger partial charge in [0.2, 0.25) is 11.8 Å². The fourth-order valence-corrected chi connectivity index (χ4v) is 4.09. The predicted molar refractivity (Wildman–Crippen MR) is 102 cm³/mol. The Morgan fingerprint density at radius 2 is 2.07 bits per heavy atom.